The van der Waals surface area contributed by atoms with Crippen LogP contribution in [0.15, 0.2) is 36.4 Å². The lowest BCUT2D eigenvalue weighted by atomic mass is 10.2. The fraction of sp³-hybridized carbons (Fsp3) is 0.500. The van der Waals surface area contributed by atoms with Gasteiger partial charge in [-0.2, -0.15) is 0 Å². The Hall–Kier alpha value is -2.10. The van der Waals surface area contributed by atoms with Gasteiger partial charge in [0.05, 0.1) is 6.61 Å². The van der Waals surface area contributed by atoms with Crippen LogP contribution in [0.1, 0.15) is 57.4 Å². The van der Waals surface area contributed by atoms with E-state index in [-0.39, 0.29) is 31.4 Å². The van der Waals surface area contributed by atoms with Crippen molar-refractivity contribution in [2.24, 2.45) is 0 Å². The standard InChI is InChI=1S/C20H28O4/c1-2-3-4-8-16-23-19(21)14-9-15-20(22)24-17-10-13-18-11-6-5-7-12-18/h5-7,10-13H,2-4,8-9,14-17H2,1H3/b13-10+. The summed E-state index contributed by atoms with van der Waals surface area (Å²) >= 11 is 0. The van der Waals surface area contributed by atoms with Crippen LogP contribution in [-0.4, -0.2) is 25.2 Å². The van der Waals surface area contributed by atoms with E-state index >= 15 is 0 Å². The van der Waals surface area contributed by atoms with Crippen LogP contribution in [-0.2, 0) is 19.1 Å². The van der Waals surface area contributed by atoms with Crippen molar-refractivity contribution >= 4 is 18.0 Å². The molecule has 4 nitrogen and oxygen atoms in total. The summed E-state index contributed by atoms with van der Waals surface area (Å²) in [7, 11) is 0. The molecule has 0 aliphatic rings. The minimum absolute atomic E-state index is 0.233. The van der Waals surface area contributed by atoms with Crippen molar-refractivity contribution in [3.05, 3.63) is 42.0 Å². The average molecular weight is 332 g/mol. The number of benzene rings is 1. The number of esters is 2. The van der Waals surface area contributed by atoms with Gasteiger partial charge in [-0.15, -0.1) is 0 Å². The first-order valence-electron chi connectivity index (χ1n) is 8.75. The number of rotatable bonds is 12. The van der Waals surface area contributed by atoms with Crippen LogP contribution in [0.5, 0.6) is 0 Å². The SMILES string of the molecule is CCCCCCOC(=O)CCCC(=O)OC/C=C/c1ccccc1. The summed E-state index contributed by atoms with van der Waals surface area (Å²) in [4.78, 5) is 23.0. The average Bonchev–Trinajstić information content (AvgIpc) is 2.59. The molecule has 0 N–H and O–H groups in total. The molecular formula is C20H28O4. The number of unbranched alkanes of at least 4 members (excludes halogenated alkanes) is 3. The van der Waals surface area contributed by atoms with Crippen molar-refractivity contribution in [1.82, 2.24) is 0 Å². The van der Waals surface area contributed by atoms with Crippen LogP contribution in [0, 0.1) is 0 Å². The van der Waals surface area contributed by atoms with Gasteiger partial charge >= 0.3 is 11.9 Å². The monoisotopic (exact) mass is 332 g/mol. The van der Waals surface area contributed by atoms with Crippen molar-refractivity contribution in [3.63, 3.8) is 0 Å². The molecule has 132 valence electrons. The highest BCUT2D eigenvalue weighted by Crippen LogP contribution is 2.04. The highest BCUT2D eigenvalue weighted by atomic mass is 16.5. The van der Waals surface area contributed by atoms with Crippen LogP contribution in [0.2, 0.25) is 0 Å². The topological polar surface area (TPSA) is 52.6 Å². The number of carbonyl (C=O) groups excluding carboxylic acids is 2. The van der Waals surface area contributed by atoms with Gasteiger partial charge in [0.2, 0.25) is 0 Å². The molecule has 0 amide bonds. The largest absolute Gasteiger partial charge is 0.466 e. The minimum atomic E-state index is -0.288. The van der Waals surface area contributed by atoms with Crippen molar-refractivity contribution in [2.45, 2.75) is 51.9 Å². The summed E-state index contributed by atoms with van der Waals surface area (Å²) in [6.07, 6.45) is 9.02. The van der Waals surface area contributed by atoms with E-state index in [0.29, 0.717) is 13.0 Å². The van der Waals surface area contributed by atoms with Gasteiger partial charge in [0.15, 0.2) is 0 Å². The smallest absolute Gasteiger partial charge is 0.306 e. The van der Waals surface area contributed by atoms with E-state index in [1.54, 1.807) is 6.08 Å². The van der Waals surface area contributed by atoms with Crippen molar-refractivity contribution < 1.29 is 19.1 Å². The predicted octanol–water partition coefficient (Wildman–Crippen LogP) is 4.54. The van der Waals surface area contributed by atoms with E-state index in [1.807, 2.05) is 36.4 Å². The Morgan fingerprint density at radius 3 is 2.33 bits per heavy atom. The molecule has 0 radical (unpaired) electrons. The summed E-state index contributed by atoms with van der Waals surface area (Å²) in [6.45, 7) is 2.87. The Kier molecular flexibility index (Phi) is 11.1. The third-order valence-corrected chi connectivity index (χ3v) is 3.47. The van der Waals surface area contributed by atoms with Crippen LogP contribution in [0.3, 0.4) is 0 Å². The second kappa shape index (κ2) is 13.3. The van der Waals surface area contributed by atoms with E-state index in [1.165, 1.54) is 6.42 Å². The summed E-state index contributed by atoms with van der Waals surface area (Å²) in [5.74, 6) is -0.522. The van der Waals surface area contributed by atoms with Crippen molar-refractivity contribution in [3.8, 4) is 0 Å². The van der Waals surface area contributed by atoms with Gasteiger partial charge in [-0.25, -0.2) is 0 Å². The quantitative estimate of drug-likeness (QED) is 0.416. The normalized spacial score (nSPS) is 10.7. The molecule has 24 heavy (non-hydrogen) atoms. The zero-order chi connectivity index (χ0) is 17.5. The number of carbonyl (C=O) groups is 2. The summed E-state index contributed by atoms with van der Waals surface area (Å²) in [6, 6.07) is 9.81. The molecule has 0 bridgehead atoms. The van der Waals surface area contributed by atoms with Crippen molar-refractivity contribution in [1.29, 1.82) is 0 Å². The maximum Gasteiger partial charge on any atom is 0.306 e. The van der Waals surface area contributed by atoms with E-state index in [4.69, 9.17) is 9.47 Å². The van der Waals surface area contributed by atoms with Crippen LogP contribution < -0.4 is 0 Å². The van der Waals surface area contributed by atoms with E-state index < -0.39 is 0 Å². The Labute approximate surface area is 144 Å². The molecule has 0 spiro atoms. The van der Waals surface area contributed by atoms with Gasteiger partial charge in [0, 0.05) is 12.8 Å². The number of ether oxygens (including phenoxy) is 2. The highest BCUT2D eigenvalue weighted by Gasteiger charge is 2.06. The lowest BCUT2D eigenvalue weighted by Gasteiger charge is -2.04. The first-order chi connectivity index (χ1) is 11.7. The van der Waals surface area contributed by atoms with Gasteiger partial charge in [-0.05, 0) is 24.5 Å². The second-order valence-electron chi connectivity index (χ2n) is 5.63. The molecule has 0 heterocycles. The molecule has 1 rings (SSSR count). The molecular weight excluding hydrogens is 304 g/mol. The molecule has 0 atom stereocenters. The maximum absolute atomic E-state index is 11.6. The van der Waals surface area contributed by atoms with Crippen molar-refractivity contribution in [2.75, 3.05) is 13.2 Å². The van der Waals surface area contributed by atoms with E-state index in [0.717, 1.165) is 24.8 Å². The minimum Gasteiger partial charge on any atom is -0.466 e. The molecule has 0 unspecified atom stereocenters. The molecule has 0 saturated carbocycles. The van der Waals surface area contributed by atoms with Gasteiger partial charge in [0.25, 0.3) is 0 Å². The van der Waals surface area contributed by atoms with E-state index in [2.05, 4.69) is 6.92 Å². The van der Waals surface area contributed by atoms with Gasteiger partial charge in [-0.3, -0.25) is 9.59 Å². The predicted molar refractivity (Wildman–Crippen MR) is 95.4 cm³/mol. The van der Waals surface area contributed by atoms with Crippen LogP contribution >= 0.6 is 0 Å². The van der Waals surface area contributed by atoms with Gasteiger partial charge in [-0.1, -0.05) is 62.6 Å². The molecule has 0 fully saturated rings. The molecule has 0 saturated heterocycles. The molecule has 0 aromatic heterocycles. The Morgan fingerprint density at radius 1 is 0.917 bits per heavy atom. The summed E-state index contributed by atoms with van der Waals surface area (Å²) in [5, 5.41) is 0. The number of hydrogen-bond acceptors (Lipinski definition) is 4. The Balaban J connectivity index is 2.01. The van der Waals surface area contributed by atoms with Gasteiger partial charge in [0.1, 0.15) is 6.61 Å². The van der Waals surface area contributed by atoms with Gasteiger partial charge < -0.3 is 9.47 Å². The third-order valence-electron chi connectivity index (χ3n) is 3.47. The fourth-order valence-electron chi connectivity index (χ4n) is 2.13. The lowest BCUT2D eigenvalue weighted by molar-refractivity contribution is -0.145. The van der Waals surface area contributed by atoms with E-state index in [9.17, 15) is 9.59 Å². The summed E-state index contributed by atoms with van der Waals surface area (Å²) in [5.41, 5.74) is 1.07. The molecule has 1 aromatic carbocycles. The first-order valence-corrected chi connectivity index (χ1v) is 8.75. The van der Waals surface area contributed by atoms with Crippen LogP contribution in [0.4, 0.5) is 0 Å². The molecule has 1 aromatic rings. The molecule has 4 heteroatoms. The third kappa shape index (κ3) is 10.6. The molecule has 0 aliphatic carbocycles. The fourth-order valence-corrected chi connectivity index (χ4v) is 2.13. The second-order valence-corrected chi connectivity index (χ2v) is 5.63. The Bertz CT molecular complexity index is 494. The highest BCUT2D eigenvalue weighted by molar-refractivity contribution is 5.72. The Morgan fingerprint density at radius 2 is 1.62 bits per heavy atom. The zero-order valence-corrected chi connectivity index (χ0v) is 14.5. The summed E-state index contributed by atoms with van der Waals surface area (Å²) < 4.78 is 10.2. The lowest BCUT2D eigenvalue weighted by Crippen LogP contribution is -2.08. The molecule has 0 aliphatic heterocycles. The first kappa shape index (κ1) is 19.9. The maximum atomic E-state index is 11.6. The number of hydrogen-bond donors (Lipinski definition) is 0. The van der Waals surface area contributed by atoms with Crippen LogP contribution in [0.25, 0.3) is 6.08 Å². The zero-order valence-electron chi connectivity index (χ0n) is 14.5.